The summed E-state index contributed by atoms with van der Waals surface area (Å²) >= 11 is 0. The lowest BCUT2D eigenvalue weighted by Gasteiger charge is -2.24. The van der Waals surface area contributed by atoms with Crippen molar-refractivity contribution in [1.82, 2.24) is 10.2 Å². The van der Waals surface area contributed by atoms with Crippen molar-refractivity contribution in [3.63, 3.8) is 0 Å². The van der Waals surface area contributed by atoms with Crippen molar-refractivity contribution in [1.29, 1.82) is 0 Å². The van der Waals surface area contributed by atoms with Gasteiger partial charge in [-0.25, -0.2) is 0 Å². The second-order valence-corrected chi connectivity index (χ2v) is 8.84. The van der Waals surface area contributed by atoms with Crippen LogP contribution >= 0.6 is 0 Å². The van der Waals surface area contributed by atoms with E-state index < -0.39 is 6.10 Å². The molecule has 7 heteroatoms. The van der Waals surface area contributed by atoms with E-state index in [-0.39, 0.29) is 24.3 Å². The predicted octanol–water partition coefficient (Wildman–Crippen LogP) is 4.20. The number of oxime groups is 1. The summed E-state index contributed by atoms with van der Waals surface area (Å²) in [7, 11) is 1.47. The minimum Gasteiger partial charge on any atom is -0.399 e. The van der Waals surface area contributed by atoms with Crippen molar-refractivity contribution in [3.8, 4) is 11.1 Å². The molecule has 0 aliphatic carbocycles. The fraction of sp³-hybridized carbons (Fsp3) is 0.276. The molecule has 2 N–H and O–H groups in total. The largest absolute Gasteiger partial charge is 0.399 e. The molecule has 3 aromatic rings. The second-order valence-electron chi connectivity index (χ2n) is 8.84. The Balaban J connectivity index is 1.37. The molecule has 36 heavy (non-hydrogen) atoms. The maximum Gasteiger partial charge on any atom is 0.254 e. The van der Waals surface area contributed by atoms with Crippen molar-refractivity contribution < 1.29 is 19.5 Å². The van der Waals surface area contributed by atoms with Crippen LogP contribution < -0.4 is 5.32 Å². The lowest BCUT2D eigenvalue weighted by atomic mass is 10.0. The summed E-state index contributed by atoms with van der Waals surface area (Å²) in [5.41, 5.74) is 4.22. The number of amides is 2. The highest BCUT2D eigenvalue weighted by Gasteiger charge is 2.35. The van der Waals surface area contributed by atoms with Gasteiger partial charge in [0.1, 0.15) is 7.11 Å². The normalized spacial score (nSPS) is 17.1. The number of benzene rings is 3. The number of carbonyl (C=O) groups excluding carboxylic acids is 2. The van der Waals surface area contributed by atoms with E-state index in [1.807, 2.05) is 84.9 Å². The van der Waals surface area contributed by atoms with Gasteiger partial charge in [-0.15, -0.1) is 0 Å². The molecule has 2 atom stereocenters. The first-order chi connectivity index (χ1) is 17.5. The number of likely N-dealkylation sites (tertiary alicyclic amines) is 1. The van der Waals surface area contributed by atoms with E-state index in [4.69, 9.17) is 4.84 Å². The van der Waals surface area contributed by atoms with E-state index in [2.05, 4.69) is 10.5 Å². The zero-order valence-corrected chi connectivity index (χ0v) is 20.3. The number of aliphatic hydroxyl groups is 1. The predicted molar refractivity (Wildman–Crippen MR) is 139 cm³/mol. The SMILES string of the molecule is CON=C1C[C@@H](CC(=O)NCC[C@@H](O)c2ccccc2)N(C(=O)c2ccc(-c3ccccc3)cc2)C1. The number of nitrogens with zero attached hydrogens (tertiary/aromatic N) is 2. The number of hydrogen-bond donors (Lipinski definition) is 2. The van der Waals surface area contributed by atoms with Crippen LogP contribution in [0.2, 0.25) is 0 Å². The summed E-state index contributed by atoms with van der Waals surface area (Å²) in [4.78, 5) is 32.7. The van der Waals surface area contributed by atoms with E-state index in [9.17, 15) is 14.7 Å². The van der Waals surface area contributed by atoms with Crippen LogP contribution in [0.15, 0.2) is 90.1 Å². The standard InChI is InChI=1S/C29H31N3O4/c1-36-31-25-18-26(19-28(34)30-17-16-27(33)23-10-6-3-7-11-23)32(20-25)29(35)24-14-12-22(13-15-24)21-8-4-2-5-9-21/h2-15,26-27,33H,16-20H2,1H3,(H,30,34)/t26-,27+/m0/s1. The van der Waals surface area contributed by atoms with Gasteiger partial charge in [0.2, 0.25) is 5.91 Å². The monoisotopic (exact) mass is 485 g/mol. The molecular weight excluding hydrogens is 454 g/mol. The maximum atomic E-state index is 13.4. The molecule has 1 aliphatic heterocycles. The minimum atomic E-state index is -0.643. The average Bonchev–Trinajstić information content (AvgIpc) is 3.31. The third-order valence-corrected chi connectivity index (χ3v) is 6.33. The molecule has 1 saturated heterocycles. The third kappa shape index (κ3) is 6.37. The molecule has 0 bridgehead atoms. The molecule has 1 fully saturated rings. The fourth-order valence-corrected chi connectivity index (χ4v) is 4.47. The highest BCUT2D eigenvalue weighted by Crippen LogP contribution is 2.24. The molecule has 1 aliphatic rings. The summed E-state index contributed by atoms with van der Waals surface area (Å²) in [6.45, 7) is 0.660. The first kappa shape index (κ1) is 25.1. The molecule has 0 aromatic heterocycles. The molecule has 0 saturated carbocycles. The van der Waals surface area contributed by atoms with Gasteiger partial charge >= 0.3 is 0 Å². The Morgan fingerprint density at radius 3 is 2.31 bits per heavy atom. The van der Waals surface area contributed by atoms with Crippen LogP contribution in [0.5, 0.6) is 0 Å². The molecular formula is C29H31N3O4. The second kappa shape index (κ2) is 12.1. The van der Waals surface area contributed by atoms with Crippen LogP contribution in [0.1, 0.15) is 41.3 Å². The summed E-state index contributed by atoms with van der Waals surface area (Å²) in [6, 6.07) is 26.5. The molecule has 186 valence electrons. The number of hydrogen-bond acceptors (Lipinski definition) is 5. The van der Waals surface area contributed by atoms with E-state index in [1.165, 1.54) is 7.11 Å². The molecule has 0 unspecified atom stereocenters. The van der Waals surface area contributed by atoms with E-state index in [0.717, 1.165) is 22.4 Å². The fourth-order valence-electron chi connectivity index (χ4n) is 4.47. The molecule has 1 heterocycles. The average molecular weight is 486 g/mol. The maximum absolute atomic E-state index is 13.4. The van der Waals surface area contributed by atoms with Crippen LogP contribution in [0.25, 0.3) is 11.1 Å². The first-order valence-corrected chi connectivity index (χ1v) is 12.1. The lowest BCUT2D eigenvalue weighted by molar-refractivity contribution is -0.122. The minimum absolute atomic E-state index is 0.145. The van der Waals surface area contributed by atoms with Gasteiger partial charge in [0.15, 0.2) is 0 Å². The summed E-state index contributed by atoms with van der Waals surface area (Å²) < 4.78 is 0. The summed E-state index contributed by atoms with van der Waals surface area (Å²) in [6.07, 6.45) is 0.391. The number of nitrogens with one attached hydrogen (secondary N) is 1. The van der Waals surface area contributed by atoms with Crippen molar-refractivity contribution in [2.45, 2.75) is 31.4 Å². The lowest BCUT2D eigenvalue weighted by Crippen LogP contribution is -2.39. The van der Waals surface area contributed by atoms with Gasteiger partial charge in [-0.3, -0.25) is 9.59 Å². The Kier molecular flexibility index (Phi) is 8.47. The van der Waals surface area contributed by atoms with Crippen molar-refractivity contribution in [2.75, 3.05) is 20.2 Å². The van der Waals surface area contributed by atoms with Crippen LogP contribution in [0.4, 0.5) is 0 Å². The molecule has 0 spiro atoms. The number of aliphatic hydroxyl groups excluding tert-OH is 1. The summed E-state index contributed by atoms with van der Waals surface area (Å²) in [5.74, 6) is -0.315. The van der Waals surface area contributed by atoms with Gasteiger partial charge in [0.05, 0.1) is 18.4 Å². The van der Waals surface area contributed by atoms with E-state index in [0.29, 0.717) is 31.5 Å². The third-order valence-electron chi connectivity index (χ3n) is 6.33. The Morgan fingerprint density at radius 2 is 1.64 bits per heavy atom. The van der Waals surface area contributed by atoms with Crippen LogP contribution in [-0.2, 0) is 9.63 Å². The smallest absolute Gasteiger partial charge is 0.254 e. The summed E-state index contributed by atoms with van der Waals surface area (Å²) in [5, 5.41) is 17.2. The zero-order chi connectivity index (χ0) is 25.3. The van der Waals surface area contributed by atoms with Crippen LogP contribution in [0.3, 0.4) is 0 Å². The van der Waals surface area contributed by atoms with E-state index >= 15 is 0 Å². The van der Waals surface area contributed by atoms with Crippen LogP contribution in [-0.4, -0.2) is 53.8 Å². The van der Waals surface area contributed by atoms with Gasteiger partial charge in [-0.1, -0.05) is 78.0 Å². The first-order valence-electron chi connectivity index (χ1n) is 12.1. The number of rotatable bonds is 9. The number of carbonyl (C=O) groups is 2. The van der Waals surface area contributed by atoms with E-state index in [1.54, 1.807) is 4.90 Å². The highest BCUT2D eigenvalue weighted by atomic mass is 16.6. The Morgan fingerprint density at radius 1 is 1.00 bits per heavy atom. The van der Waals surface area contributed by atoms with Gasteiger partial charge in [-0.2, -0.15) is 0 Å². The Labute approximate surface area is 211 Å². The van der Waals surface area contributed by atoms with Crippen LogP contribution in [0, 0.1) is 0 Å². The molecule has 2 amide bonds. The molecule has 3 aromatic carbocycles. The molecule has 7 nitrogen and oxygen atoms in total. The highest BCUT2D eigenvalue weighted by molar-refractivity contribution is 6.01. The van der Waals surface area contributed by atoms with Gasteiger partial charge < -0.3 is 20.2 Å². The molecule has 0 radical (unpaired) electrons. The van der Waals surface area contributed by atoms with Crippen molar-refractivity contribution in [2.24, 2.45) is 5.16 Å². The topological polar surface area (TPSA) is 91.2 Å². The van der Waals surface area contributed by atoms with Crippen molar-refractivity contribution >= 4 is 17.5 Å². The van der Waals surface area contributed by atoms with Gasteiger partial charge in [-0.05, 0) is 35.2 Å². The molecule has 4 rings (SSSR count). The Hall–Kier alpha value is -3.97. The quantitative estimate of drug-likeness (QED) is 0.445. The van der Waals surface area contributed by atoms with Crippen molar-refractivity contribution in [3.05, 3.63) is 96.1 Å². The zero-order valence-electron chi connectivity index (χ0n) is 20.3. The van der Waals surface area contributed by atoms with Gasteiger partial charge in [0, 0.05) is 31.0 Å². The Bertz CT molecular complexity index is 1180. The van der Waals surface area contributed by atoms with Gasteiger partial charge in [0.25, 0.3) is 5.91 Å².